The molecule has 3 saturated heterocycles. The molecule has 2 nitrogen and oxygen atoms in total. The summed E-state index contributed by atoms with van der Waals surface area (Å²) < 4.78 is 1.19. The summed E-state index contributed by atoms with van der Waals surface area (Å²) in [7, 11) is 0. The van der Waals surface area contributed by atoms with Crippen molar-refractivity contribution in [1.82, 2.24) is 0 Å². The van der Waals surface area contributed by atoms with E-state index in [1.807, 2.05) is 17.5 Å². The maximum Gasteiger partial charge on any atom is 0.181 e. The molecule has 0 saturated carbocycles. The van der Waals surface area contributed by atoms with Gasteiger partial charge in [-0.1, -0.05) is 6.07 Å². The fourth-order valence-corrected chi connectivity index (χ4v) is 4.36. The Labute approximate surface area is 107 Å². The summed E-state index contributed by atoms with van der Waals surface area (Å²) in [4.78, 5) is 13.5. The molecule has 0 aromatic carbocycles. The molecule has 3 heteroatoms. The third kappa shape index (κ3) is 1.85. The van der Waals surface area contributed by atoms with Crippen LogP contribution in [0, 0.1) is 11.8 Å². The van der Waals surface area contributed by atoms with Crippen molar-refractivity contribution >= 4 is 17.1 Å². The molecule has 92 valence electrons. The Morgan fingerprint density at radius 1 is 1.47 bits per heavy atom. The molecule has 1 atom stereocenters. The molecule has 3 fully saturated rings. The van der Waals surface area contributed by atoms with Gasteiger partial charge in [0.1, 0.15) is 0 Å². The van der Waals surface area contributed by atoms with Crippen LogP contribution < -0.4 is 0 Å². The third-order valence-electron chi connectivity index (χ3n) is 4.87. The van der Waals surface area contributed by atoms with E-state index in [0.29, 0.717) is 17.6 Å². The molecule has 0 unspecified atom stereocenters. The maximum atomic E-state index is 12.5. The molecule has 0 spiro atoms. The van der Waals surface area contributed by atoms with Gasteiger partial charge in [0.25, 0.3) is 0 Å². The lowest BCUT2D eigenvalue weighted by molar-refractivity contribution is -0.943. The Balaban J connectivity index is 1.83. The van der Waals surface area contributed by atoms with E-state index in [4.69, 9.17) is 0 Å². The van der Waals surface area contributed by atoms with Crippen LogP contribution in [0.25, 0.3) is 0 Å². The number of piperidine rings is 3. The number of thiophene rings is 1. The summed E-state index contributed by atoms with van der Waals surface area (Å²) in [5, 5.41) is 2.01. The minimum Gasteiger partial charge on any atom is -0.323 e. The van der Waals surface area contributed by atoms with Crippen LogP contribution in [0.15, 0.2) is 17.5 Å². The second kappa shape index (κ2) is 4.21. The van der Waals surface area contributed by atoms with Crippen LogP contribution in [0.5, 0.6) is 0 Å². The first-order valence-electron chi connectivity index (χ1n) is 6.67. The molecule has 0 aliphatic carbocycles. The van der Waals surface area contributed by atoms with Crippen molar-refractivity contribution in [3.8, 4) is 0 Å². The summed E-state index contributed by atoms with van der Waals surface area (Å²) in [6.45, 7) is 7.17. The number of carbonyl (C=O) groups excluding carboxylic acids is 1. The molecule has 0 amide bonds. The standard InChI is InChI=1S/C14H20NOS/c1-2-15-7-5-11(6-8-15)12(10-15)14(16)13-4-3-9-17-13/h3-4,9,11-12H,2,5-8,10H2,1H3/q+1/t11?,12-,15?/m0/s1. The first kappa shape index (κ1) is 11.4. The number of ketones is 1. The van der Waals surface area contributed by atoms with Gasteiger partial charge in [-0.05, 0) is 24.3 Å². The molecule has 3 aliphatic heterocycles. The normalized spacial score (nSPS) is 36.1. The largest absolute Gasteiger partial charge is 0.323 e. The average molecular weight is 250 g/mol. The highest BCUT2D eigenvalue weighted by atomic mass is 32.1. The summed E-state index contributed by atoms with van der Waals surface area (Å²) in [5.74, 6) is 1.38. The molecule has 1 aromatic heterocycles. The van der Waals surface area contributed by atoms with Crippen LogP contribution in [-0.4, -0.2) is 36.4 Å². The zero-order valence-corrected chi connectivity index (χ0v) is 11.2. The van der Waals surface area contributed by atoms with Crippen molar-refractivity contribution in [3.63, 3.8) is 0 Å². The van der Waals surface area contributed by atoms with Crippen molar-refractivity contribution < 1.29 is 9.28 Å². The van der Waals surface area contributed by atoms with Crippen LogP contribution in [0.1, 0.15) is 29.4 Å². The van der Waals surface area contributed by atoms with E-state index in [9.17, 15) is 4.79 Å². The van der Waals surface area contributed by atoms with Crippen molar-refractivity contribution in [2.24, 2.45) is 11.8 Å². The Bertz CT molecular complexity index is 404. The number of hydrogen-bond donors (Lipinski definition) is 0. The summed E-state index contributed by atoms with van der Waals surface area (Å²) >= 11 is 1.60. The van der Waals surface area contributed by atoms with E-state index >= 15 is 0 Å². The molecule has 1 aromatic rings. The quantitative estimate of drug-likeness (QED) is 0.595. The summed E-state index contributed by atoms with van der Waals surface area (Å²) in [6.07, 6.45) is 2.52. The number of nitrogens with zero attached hydrogens (tertiary/aromatic N) is 1. The smallest absolute Gasteiger partial charge is 0.181 e. The minimum absolute atomic E-state index is 0.302. The highest BCUT2D eigenvalue weighted by Gasteiger charge is 2.47. The third-order valence-corrected chi connectivity index (χ3v) is 5.76. The van der Waals surface area contributed by atoms with E-state index in [1.54, 1.807) is 11.3 Å². The highest BCUT2D eigenvalue weighted by molar-refractivity contribution is 7.12. The Kier molecular flexibility index (Phi) is 2.83. The van der Waals surface area contributed by atoms with E-state index < -0.39 is 0 Å². The van der Waals surface area contributed by atoms with Gasteiger partial charge in [-0.2, -0.15) is 0 Å². The first-order valence-corrected chi connectivity index (χ1v) is 7.55. The molecule has 0 radical (unpaired) electrons. The number of carbonyl (C=O) groups is 1. The molecular weight excluding hydrogens is 230 g/mol. The second-order valence-corrected chi connectivity index (χ2v) is 6.52. The van der Waals surface area contributed by atoms with E-state index in [0.717, 1.165) is 11.4 Å². The average Bonchev–Trinajstić information content (AvgIpc) is 2.93. The number of quaternary nitrogens is 1. The minimum atomic E-state index is 0.302. The summed E-state index contributed by atoms with van der Waals surface area (Å²) in [5.41, 5.74) is 0. The van der Waals surface area contributed by atoms with Crippen LogP contribution in [0.3, 0.4) is 0 Å². The molecular formula is C14H20NOS+. The number of fused-ring (bicyclic) bond motifs is 3. The van der Waals surface area contributed by atoms with Gasteiger partial charge in [0.15, 0.2) is 5.78 Å². The molecule has 3 aliphatic rings. The van der Waals surface area contributed by atoms with Gasteiger partial charge in [0.05, 0.1) is 37.0 Å². The molecule has 4 heterocycles. The number of Topliss-reactive ketones (excluding diaryl/α,β-unsaturated/α-hetero) is 1. The lowest BCUT2D eigenvalue weighted by Gasteiger charge is -2.51. The lowest BCUT2D eigenvalue weighted by Crippen LogP contribution is -2.62. The second-order valence-electron chi connectivity index (χ2n) is 5.57. The molecule has 4 rings (SSSR count). The number of rotatable bonds is 3. The predicted molar refractivity (Wildman–Crippen MR) is 70.3 cm³/mol. The van der Waals surface area contributed by atoms with Crippen molar-refractivity contribution in [3.05, 3.63) is 22.4 Å². The van der Waals surface area contributed by atoms with Crippen LogP contribution in [0.2, 0.25) is 0 Å². The fourth-order valence-electron chi connectivity index (χ4n) is 3.63. The Hall–Kier alpha value is -0.670. The Morgan fingerprint density at radius 3 is 2.82 bits per heavy atom. The van der Waals surface area contributed by atoms with Crippen LogP contribution >= 0.6 is 11.3 Å². The zero-order valence-electron chi connectivity index (χ0n) is 10.4. The van der Waals surface area contributed by atoms with Gasteiger partial charge in [0.2, 0.25) is 0 Å². The highest BCUT2D eigenvalue weighted by Crippen LogP contribution is 2.39. The Morgan fingerprint density at radius 2 is 2.24 bits per heavy atom. The van der Waals surface area contributed by atoms with Crippen LogP contribution in [0.4, 0.5) is 0 Å². The SMILES string of the molecule is CC[N+]12CCC(CC1)[C@@H](C(=O)c1cccs1)C2. The predicted octanol–water partition coefficient (Wildman–Crippen LogP) is 2.81. The number of hydrogen-bond acceptors (Lipinski definition) is 2. The summed E-state index contributed by atoms with van der Waals surface area (Å²) in [6, 6.07) is 3.98. The van der Waals surface area contributed by atoms with Gasteiger partial charge in [-0.3, -0.25) is 4.79 Å². The monoisotopic (exact) mass is 250 g/mol. The van der Waals surface area contributed by atoms with Crippen LogP contribution in [-0.2, 0) is 0 Å². The van der Waals surface area contributed by atoms with E-state index in [2.05, 4.69) is 6.92 Å². The molecule has 2 bridgehead atoms. The van der Waals surface area contributed by atoms with Crippen molar-refractivity contribution in [2.45, 2.75) is 19.8 Å². The van der Waals surface area contributed by atoms with E-state index in [-0.39, 0.29) is 0 Å². The van der Waals surface area contributed by atoms with Gasteiger partial charge in [-0.25, -0.2) is 0 Å². The fraction of sp³-hybridized carbons (Fsp3) is 0.643. The van der Waals surface area contributed by atoms with Crippen molar-refractivity contribution in [2.75, 3.05) is 26.2 Å². The van der Waals surface area contributed by atoms with Gasteiger partial charge < -0.3 is 4.48 Å². The van der Waals surface area contributed by atoms with Gasteiger partial charge in [0, 0.05) is 12.8 Å². The maximum absolute atomic E-state index is 12.5. The first-order chi connectivity index (χ1) is 8.24. The van der Waals surface area contributed by atoms with E-state index in [1.165, 1.54) is 37.0 Å². The topological polar surface area (TPSA) is 17.1 Å². The molecule has 0 N–H and O–H groups in total. The lowest BCUT2D eigenvalue weighted by atomic mass is 9.75. The molecule has 17 heavy (non-hydrogen) atoms. The van der Waals surface area contributed by atoms with Crippen molar-refractivity contribution in [1.29, 1.82) is 0 Å². The zero-order chi connectivity index (χ0) is 11.9. The van der Waals surface area contributed by atoms with Gasteiger partial charge >= 0.3 is 0 Å². The van der Waals surface area contributed by atoms with Gasteiger partial charge in [-0.15, -0.1) is 11.3 Å².